The third-order valence-corrected chi connectivity index (χ3v) is 9.68. The van der Waals surface area contributed by atoms with Gasteiger partial charge in [0.15, 0.2) is 20.6 Å². The maximum Gasteiger partial charge on any atom is 0.330 e. The third-order valence-electron chi connectivity index (χ3n) is 5.18. The van der Waals surface area contributed by atoms with Crippen molar-refractivity contribution in [2.24, 2.45) is 0 Å². The summed E-state index contributed by atoms with van der Waals surface area (Å²) >= 11 is 0. The Morgan fingerprint density at radius 2 is 2.04 bits per heavy atom. The first-order valence-electron chi connectivity index (χ1n) is 8.72. The lowest BCUT2D eigenvalue weighted by atomic mass is 10.2. The maximum atomic E-state index is 12.2. The molecule has 0 aliphatic carbocycles. The fourth-order valence-electron chi connectivity index (χ4n) is 2.65. The minimum atomic E-state index is -2.09. The van der Waals surface area contributed by atoms with Gasteiger partial charge in [-0.2, -0.15) is 0 Å². The van der Waals surface area contributed by atoms with Crippen molar-refractivity contribution in [1.29, 1.82) is 0 Å². The van der Waals surface area contributed by atoms with Crippen molar-refractivity contribution in [2.75, 3.05) is 7.05 Å². The summed E-state index contributed by atoms with van der Waals surface area (Å²) in [5, 5.41) is 11.5. The molecule has 8 nitrogen and oxygen atoms in total. The Balaban J connectivity index is 2.35. The first-order valence-corrected chi connectivity index (χ1v) is 11.6. The predicted molar refractivity (Wildman–Crippen MR) is 102 cm³/mol. The highest BCUT2D eigenvalue weighted by atomic mass is 28.4. The summed E-state index contributed by atoms with van der Waals surface area (Å²) in [7, 11) is -0.707. The van der Waals surface area contributed by atoms with E-state index in [1.54, 1.807) is 6.92 Å². The van der Waals surface area contributed by atoms with Crippen LogP contribution in [0.25, 0.3) is 0 Å². The Labute approximate surface area is 154 Å². The van der Waals surface area contributed by atoms with Crippen LogP contribution in [0.5, 0.6) is 0 Å². The summed E-state index contributed by atoms with van der Waals surface area (Å²) in [4.78, 5) is 26.1. The van der Waals surface area contributed by atoms with Gasteiger partial charge in [-0.25, -0.2) is 9.53 Å². The van der Waals surface area contributed by atoms with Crippen LogP contribution in [0.15, 0.2) is 15.8 Å². The number of hydroxylamine groups is 1. The Hall–Kier alpha value is -1.71. The van der Waals surface area contributed by atoms with Crippen LogP contribution in [-0.4, -0.2) is 48.1 Å². The van der Waals surface area contributed by atoms with Crippen LogP contribution < -0.4 is 11.2 Å². The van der Waals surface area contributed by atoms with Crippen LogP contribution in [-0.2, 0) is 9.16 Å². The largest absolute Gasteiger partial charge is 0.624 e. The normalized spacial score (nSPS) is 24.9. The molecule has 0 aromatic carbocycles. The number of hydrogen-bond acceptors (Lipinski definition) is 5. The van der Waals surface area contributed by atoms with Gasteiger partial charge < -0.3 is 14.4 Å². The second-order valence-electron chi connectivity index (χ2n) is 8.38. The predicted octanol–water partition coefficient (Wildman–Crippen LogP) is 1.73. The van der Waals surface area contributed by atoms with E-state index in [0.29, 0.717) is 16.7 Å². The molecule has 1 aliphatic heterocycles. The van der Waals surface area contributed by atoms with Crippen LogP contribution in [0.1, 0.15) is 39.0 Å². The van der Waals surface area contributed by atoms with Gasteiger partial charge in [0.2, 0.25) is 0 Å². The molecule has 9 heteroatoms. The smallest absolute Gasteiger partial charge is 0.330 e. The van der Waals surface area contributed by atoms with Gasteiger partial charge in [-0.1, -0.05) is 20.8 Å². The molecule has 3 atom stereocenters. The van der Waals surface area contributed by atoms with Crippen LogP contribution >= 0.6 is 0 Å². The van der Waals surface area contributed by atoms with Gasteiger partial charge in [0.25, 0.3) is 5.56 Å². The average molecular weight is 384 g/mol. The number of aryl methyl sites for hydroxylation is 1. The van der Waals surface area contributed by atoms with Crippen molar-refractivity contribution in [2.45, 2.75) is 70.7 Å². The lowest BCUT2D eigenvalue weighted by molar-refractivity contribution is -0.421. The molecule has 1 aromatic rings. The fraction of sp³-hybridized carbons (Fsp3) is 0.706. The average Bonchev–Trinajstić information content (AvgIpc) is 2.82. The van der Waals surface area contributed by atoms with Crippen molar-refractivity contribution in [3.8, 4) is 0 Å². The molecule has 2 rings (SSSR count). The number of aromatic nitrogens is 2. The quantitative estimate of drug-likeness (QED) is 0.281. The molecule has 0 spiro atoms. The van der Waals surface area contributed by atoms with Crippen molar-refractivity contribution >= 4 is 14.5 Å². The minimum Gasteiger partial charge on any atom is -0.624 e. The van der Waals surface area contributed by atoms with Gasteiger partial charge in [0.1, 0.15) is 13.3 Å². The summed E-state index contributed by atoms with van der Waals surface area (Å²) in [5.74, 6) is 0. The summed E-state index contributed by atoms with van der Waals surface area (Å²) in [6.07, 6.45) is 1.83. The van der Waals surface area contributed by atoms with Crippen LogP contribution in [0.3, 0.4) is 0 Å². The van der Waals surface area contributed by atoms with Crippen molar-refractivity contribution in [3.63, 3.8) is 0 Å². The Morgan fingerprint density at radius 1 is 1.42 bits per heavy atom. The van der Waals surface area contributed by atoms with E-state index in [-0.39, 0.29) is 11.1 Å². The molecular weight excluding hydrogens is 354 g/mol. The number of aromatic amines is 1. The molecule has 2 heterocycles. The highest BCUT2D eigenvalue weighted by Gasteiger charge is 2.45. The summed E-state index contributed by atoms with van der Waals surface area (Å²) in [6, 6.07) is 0. The van der Waals surface area contributed by atoms with E-state index in [4.69, 9.17) is 9.16 Å². The van der Waals surface area contributed by atoms with Crippen molar-refractivity contribution in [1.82, 2.24) is 9.55 Å². The molecular formula is C17H29N3O5Si. The molecule has 26 heavy (non-hydrogen) atoms. The third kappa shape index (κ3) is 4.33. The van der Waals surface area contributed by atoms with Crippen LogP contribution in [0.2, 0.25) is 18.1 Å². The van der Waals surface area contributed by atoms with E-state index in [1.165, 1.54) is 24.0 Å². The summed E-state index contributed by atoms with van der Waals surface area (Å²) < 4.78 is 14.4. The highest BCUT2D eigenvalue weighted by Crippen LogP contribution is 2.40. The first kappa shape index (κ1) is 20.6. The number of nitrogens with zero attached hydrogens (tertiary/aromatic N) is 2. The second kappa shape index (κ2) is 7.13. The zero-order valence-electron chi connectivity index (χ0n) is 16.5. The zero-order valence-corrected chi connectivity index (χ0v) is 17.5. The monoisotopic (exact) mass is 383 g/mol. The summed E-state index contributed by atoms with van der Waals surface area (Å²) in [5.41, 5.74) is -0.531. The molecule has 0 radical (unpaired) electrons. The molecule has 1 N–H and O–H groups in total. The molecule has 0 bridgehead atoms. The Morgan fingerprint density at radius 3 is 2.58 bits per heavy atom. The van der Waals surface area contributed by atoms with Gasteiger partial charge in [-0.3, -0.25) is 14.3 Å². The van der Waals surface area contributed by atoms with E-state index < -0.39 is 31.9 Å². The molecule has 1 aliphatic rings. The Kier molecular flexibility index (Phi) is 5.65. The van der Waals surface area contributed by atoms with E-state index in [2.05, 4.69) is 38.8 Å². The number of hydrogen-bond donors (Lipinski definition) is 1. The first-order chi connectivity index (χ1) is 11.8. The van der Waals surface area contributed by atoms with Gasteiger partial charge in [0, 0.05) is 18.2 Å². The van der Waals surface area contributed by atoms with E-state index >= 15 is 0 Å². The SMILES string of the molecule is Cc1cn([C@H]2C[C@H](O[Si](C)(C)C(C)(C)C)[C@@H](C=[N+](C)[O-])O2)c(=O)[nH]c1=O. The number of rotatable bonds is 4. The maximum absolute atomic E-state index is 12.2. The number of nitrogens with one attached hydrogen (secondary N) is 1. The number of H-pyrrole nitrogens is 1. The molecule has 1 aromatic heterocycles. The standard InChI is InChI=1S/C17H29N3O5Si/c1-11-9-20(16(22)18-15(11)21)14-8-12(13(24-14)10-19(5)23)25-26(6,7)17(2,3)4/h9-10,12-14H,8H2,1-7H3,(H,18,21,22)/t12-,13+,14+/m0/s1. The van der Waals surface area contributed by atoms with E-state index in [0.717, 1.165) is 0 Å². The molecule has 1 saturated heterocycles. The van der Waals surface area contributed by atoms with Crippen molar-refractivity contribution < 1.29 is 13.9 Å². The van der Waals surface area contributed by atoms with Gasteiger partial charge >= 0.3 is 5.69 Å². The molecule has 1 fully saturated rings. The topological polar surface area (TPSA) is 99.4 Å². The second-order valence-corrected chi connectivity index (χ2v) is 13.1. The lowest BCUT2D eigenvalue weighted by Gasteiger charge is -2.38. The lowest BCUT2D eigenvalue weighted by Crippen LogP contribution is -2.46. The van der Waals surface area contributed by atoms with Gasteiger partial charge in [0.05, 0.1) is 6.10 Å². The van der Waals surface area contributed by atoms with Crippen LogP contribution in [0, 0.1) is 12.1 Å². The molecule has 146 valence electrons. The molecule has 0 amide bonds. The van der Waals surface area contributed by atoms with E-state index in [9.17, 15) is 14.8 Å². The minimum absolute atomic E-state index is 0.00438. The fourth-order valence-corrected chi connectivity index (χ4v) is 3.99. The van der Waals surface area contributed by atoms with Gasteiger partial charge in [-0.05, 0) is 25.1 Å². The van der Waals surface area contributed by atoms with Crippen molar-refractivity contribution in [3.05, 3.63) is 37.8 Å². The van der Waals surface area contributed by atoms with E-state index in [1.807, 2.05) is 0 Å². The van der Waals surface area contributed by atoms with Crippen LogP contribution in [0.4, 0.5) is 0 Å². The highest BCUT2D eigenvalue weighted by molar-refractivity contribution is 6.74. The zero-order chi connectivity index (χ0) is 19.9. The molecule has 0 saturated carbocycles. The summed E-state index contributed by atoms with van der Waals surface area (Å²) in [6.45, 7) is 12.3. The Bertz CT molecular complexity index is 802. The van der Waals surface area contributed by atoms with Gasteiger partial charge in [-0.15, -0.1) is 0 Å². The number of ether oxygens (including phenoxy) is 1. The molecule has 0 unspecified atom stereocenters.